The standard InChI is InChI=1S/4C13H12.C2H4/c4*1-11-7-9-13(10-8-11)12-5-3-2-4-6-12;1-2/h4*2-10H,1H3;1-2H2. The minimum atomic E-state index is 1.28. The SMILES string of the molecule is C=C.Cc1ccc(-c2ccccc2)cc1.Cc1ccc(-c2ccccc2)cc1.Cc1ccc(-c2ccccc2)cc1.Cc1ccc(-c2ccccc2)cc1. The van der Waals surface area contributed by atoms with Gasteiger partial charge in [0.05, 0.1) is 0 Å². The molecule has 0 aliphatic carbocycles. The number of aryl methyl sites for hydroxylation is 4. The molecule has 0 unspecified atom stereocenters. The van der Waals surface area contributed by atoms with E-state index in [1.807, 2.05) is 24.3 Å². The summed E-state index contributed by atoms with van der Waals surface area (Å²) >= 11 is 0. The second-order valence-corrected chi connectivity index (χ2v) is 12.9. The average Bonchev–Trinajstić information content (AvgIpc) is 3.25. The van der Waals surface area contributed by atoms with Gasteiger partial charge in [0.1, 0.15) is 0 Å². The van der Waals surface area contributed by atoms with Gasteiger partial charge in [0.2, 0.25) is 0 Å². The summed E-state index contributed by atoms with van der Waals surface area (Å²) in [6.45, 7) is 14.4. The highest BCUT2D eigenvalue weighted by Gasteiger charge is 1.97. The van der Waals surface area contributed by atoms with Gasteiger partial charge in [-0.25, -0.2) is 0 Å². The summed E-state index contributed by atoms with van der Waals surface area (Å²) in [6, 6.07) is 76.1. The summed E-state index contributed by atoms with van der Waals surface area (Å²) in [5, 5.41) is 0. The first-order valence-corrected chi connectivity index (χ1v) is 18.4. The lowest BCUT2D eigenvalue weighted by atomic mass is 10.0. The molecule has 8 aromatic rings. The highest BCUT2D eigenvalue weighted by molar-refractivity contribution is 5.65. The topological polar surface area (TPSA) is 0 Å². The maximum absolute atomic E-state index is 3.00. The highest BCUT2D eigenvalue weighted by atomic mass is 14.0. The second-order valence-electron chi connectivity index (χ2n) is 12.9. The first-order valence-electron chi connectivity index (χ1n) is 18.4. The van der Waals surface area contributed by atoms with E-state index in [4.69, 9.17) is 0 Å². The molecular weight excluding hydrogens is 649 g/mol. The lowest BCUT2D eigenvalue weighted by molar-refractivity contribution is 1.47. The highest BCUT2D eigenvalue weighted by Crippen LogP contribution is 2.21. The normalized spacial score (nSPS) is 9.63. The van der Waals surface area contributed by atoms with Gasteiger partial charge in [-0.3, -0.25) is 0 Å². The molecule has 0 nitrogen and oxygen atoms in total. The van der Waals surface area contributed by atoms with Gasteiger partial charge in [0.15, 0.2) is 0 Å². The van der Waals surface area contributed by atoms with Crippen molar-refractivity contribution in [2.75, 3.05) is 0 Å². The lowest BCUT2D eigenvalue weighted by Gasteiger charge is -2.00. The molecule has 0 bridgehead atoms. The zero-order valence-electron chi connectivity index (χ0n) is 32.2. The van der Waals surface area contributed by atoms with Crippen molar-refractivity contribution < 1.29 is 0 Å². The minimum Gasteiger partial charge on any atom is -0.106 e. The molecule has 0 N–H and O–H groups in total. The van der Waals surface area contributed by atoms with Crippen molar-refractivity contribution in [2.45, 2.75) is 27.7 Å². The Labute approximate surface area is 324 Å². The van der Waals surface area contributed by atoms with E-state index in [1.165, 1.54) is 66.8 Å². The Hall–Kier alpha value is -6.50. The molecule has 0 atom stereocenters. The van der Waals surface area contributed by atoms with E-state index in [-0.39, 0.29) is 0 Å². The van der Waals surface area contributed by atoms with Gasteiger partial charge < -0.3 is 0 Å². The number of benzene rings is 8. The van der Waals surface area contributed by atoms with Crippen molar-refractivity contribution in [1.29, 1.82) is 0 Å². The van der Waals surface area contributed by atoms with E-state index in [9.17, 15) is 0 Å². The average molecular weight is 701 g/mol. The molecule has 0 fully saturated rings. The third-order valence-corrected chi connectivity index (χ3v) is 8.63. The largest absolute Gasteiger partial charge is 0.106 e. The third kappa shape index (κ3) is 13.6. The van der Waals surface area contributed by atoms with Gasteiger partial charge in [-0.2, -0.15) is 0 Å². The van der Waals surface area contributed by atoms with Gasteiger partial charge in [-0.15, -0.1) is 13.2 Å². The number of hydrogen-bond acceptors (Lipinski definition) is 0. The Kier molecular flexibility index (Phi) is 16.7. The number of hydrogen-bond donors (Lipinski definition) is 0. The minimum absolute atomic E-state index is 1.28. The van der Waals surface area contributed by atoms with Crippen molar-refractivity contribution in [1.82, 2.24) is 0 Å². The smallest absolute Gasteiger partial charge is 0.0184 e. The van der Waals surface area contributed by atoms with Crippen LogP contribution in [0.1, 0.15) is 22.3 Å². The van der Waals surface area contributed by atoms with Gasteiger partial charge in [-0.1, -0.05) is 241 Å². The first kappa shape index (κ1) is 40.3. The molecule has 0 aromatic heterocycles. The van der Waals surface area contributed by atoms with Crippen LogP contribution in [0.5, 0.6) is 0 Å². The molecule has 8 aromatic carbocycles. The molecule has 268 valence electrons. The summed E-state index contributed by atoms with van der Waals surface area (Å²) in [7, 11) is 0. The van der Waals surface area contributed by atoms with Crippen LogP contribution in [0.2, 0.25) is 0 Å². The van der Waals surface area contributed by atoms with Gasteiger partial charge >= 0.3 is 0 Å². The van der Waals surface area contributed by atoms with Crippen LogP contribution in [0.15, 0.2) is 232 Å². The Bertz CT molecular complexity index is 1820. The van der Waals surface area contributed by atoms with E-state index in [0.717, 1.165) is 0 Å². The van der Waals surface area contributed by atoms with Crippen LogP contribution in [0.4, 0.5) is 0 Å². The van der Waals surface area contributed by atoms with Crippen LogP contribution >= 0.6 is 0 Å². The van der Waals surface area contributed by atoms with Crippen LogP contribution in [0.25, 0.3) is 44.5 Å². The number of rotatable bonds is 4. The van der Waals surface area contributed by atoms with Crippen LogP contribution in [0.3, 0.4) is 0 Å². The monoisotopic (exact) mass is 700 g/mol. The first-order chi connectivity index (χ1) is 26.4. The third-order valence-electron chi connectivity index (χ3n) is 8.63. The molecule has 0 amide bonds. The van der Waals surface area contributed by atoms with Crippen LogP contribution in [-0.2, 0) is 0 Å². The van der Waals surface area contributed by atoms with Crippen LogP contribution in [-0.4, -0.2) is 0 Å². The summed E-state index contributed by atoms with van der Waals surface area (Å²) < 4.78 is 0. The molecule has 54 heavy (non-hydrogen) atoms. The van der Waals surface area contributed by atoms with Gasteiger partial charge in [-0.05, 0) is 72.2 Å². The zero-order valence-corrected chi connectivity index (χ0v) is 32.2. The molecule has 0 heterocycles. The second kappa shape index (κ2) is 22.4. The Morgan fingerprint density at radius 3 is 0.463 bits per heavy atom. The summed E-state index contributed by atoms with van der Waals surface area (Å²) in [4.78, 5) is 0. The van der Waals surface area contributed by atoms with Crippen molar-refractivity contribution in [2.24, 2.45) is 0 Å². The van der Waals surface area contributed by atoms with Gasteiger partial charge in [0.25, 0.3) is 0 Å². The van der Waals surface area contributed by atoms with E-state index in [0.29, 0.717) is 0 Å². The van der Waals surface area contributed by atoms with E-state index >= 15 is 0 Å². The summed E-state index contributed by atoms with van der Waals surface area (Å²) in [6.07, 6.45) is 0. The van der Waals surface area contributed by atoms with E-state index in [1.54, 1.807) is 0 Å². The molecule has 8 rings (SSSR count). The van der Waals surface area contributed by atoms with Crippen molar-refractivity contribution in [3.8, 4) is 44.5 Å². The van der Waals surface area contributed by atoms with Crippen molar-refractivity contribution in [3.63, 3.8) is 0 Å². The molecule has 0 saturated carbocycles. The maximum atomic E-state index is 3.00. The predicted octanol–water partition coefficient (Wildman–Crippen LogP) is 15.5. The predicted molar refractivity (Wildman–Crippen MR) is 238 cm³/mol. The maximum Gasteiger partial charge on any atom is -0.0184 e. The van der Waals surface area contributed by atoms with Crippen LogP contribution < -0.4 is 0 Å². The molecule has 0 heteroatoms. The van der Waals surface area contributed by atoms with Crippen molar-refractivity contribution in [3.05, 3.63) is 254 Å². The Balaban J connectivity index is 0.000000158. The van der Waals surface area contributed by atoms with Crippen LogP contribution in [0, 0.1) is 27.7 Å². The zero-order chi connectivity index (χ0) is 38.4. The fourth-order valence-corrected chi connectivity index (χ4v) is 5.51. The lowest BCUT2D eigenvalue weighted by Crippen LogP contribution is -1.76. The molecule has 0 aliphatic heterocycles. The summed E-state index contributed by atoms with van der Waals surface area (Å²) in [5.74, 6) is 0. The fraction of sp³-hybridized carbons (Fsp3) is 0.0741. The molecule has 0 spiro atoms. The van der Waals surface area contributed by atoms with Crippen molar-refractivity contribution >= 4 is 0 Å². The summed E-state index contributed by atoms with van der Waals surface area (Å²) in [5.41, 5.74) is 15.5. The molecular formula is C54H52. The van der Waals surface area contributed by atoms with E-state index < -0.39 is 0 Å². The van der Waals surface area contributed by atoms with E-state index in [2.05, 4.69) is 235 Å². The fourth-order valence-electron chi connectivity index (χ4n) is 5.51. The Morgan fingerprint density at radius 1 is 0.185 bits per heavy atom. The molecule has 0 saturated heterocycles. The molecule has 0 radical (unpaired) electrons. The Morgan fingerprint density at radius 2 is 0.315 bits per heavy atom. The van der Waals surface area contributed by atoms with Gasteiger partial charge in [0, 0.05) is 0 Å². The quantitative estimate of drug-likeness (QED) is 0.160. The molecule has 0 aliphatic rings.